The number of nitrogen functional groups attached to an aromatic ring is 1. The van der Waals surface area contributed by atoms with Gasteiger partial charge in [0.25, 0.3) is 5.91 Å². The number of hydrogen-bond donors (Lipinski definition) is 3. The number of nitrogens with two attached hydrogens (primary N) is 1. The molecule has 0 aliphatic carbocycles. The summed E-state index contributed by atoms with van der Waals surface area (Å²) in [5, 5.41) is 2.87. The number of imidazole rings is 1. The van der Waals surface area contributed by atoms with Crippen molar-refractivity contribution in [3.05, 3.63) is 47.5 Å². The van der Waals surface area contributed by atoms with Crippen LogP contribution in [0.15, 0.2) is 30.6 Å². The maximum absolute atomic E-state index is 11.9. The Morgan fingerprint density at radius 3 is 3.00 bits per heavy atom. The van der Waals surface area contributed by atoms with Crippen LogP contribution in [0.25, 0.3) is 0 Å². The Balaban J connectivity index is 1.79. The zero-order valence-corrected chi connectivity index (χ0v) is 10.9. The van der Waals surface area contributed by atoms with Gasteiger partial charge >= 0.3 is 0 Å². The van der Waals surface area contributed by atoms with Crippen LogP contribution in [-0.4, -0.2) is 22.4 Å². The summed E-state index contributed by atoms with van der Waals surface area (Å²) in [5.74, 6) is 0.847. The third-order valence-electron chi connectivity index (χ3n) is 2.97. The number of H-pyrrole nitrogens is 1. The third-order valence-corrected chi connectivity index (χ3v) is 2.97. The van der Waals surface area contributed by atoms with Gasteiger partial charge in [0.15, 0.2) is 0 Å². The molecule has 0 unspecified atom stereocenters. The summed E-state index contributed by atoms with van der Waals surface area (Å²) in [7, 11) is 0. The molecule has 1 amide bonds. The molecule has 1 aromatic carbocycles. The van der Waals surface area contributed by atoms with E-state index in [1.54, 1.807) is 24.5 Å². The smallest absolute Gasteiger partial charge is 0.251 e. The van der Waals surface area contributed by atoms with Crippen LogP contribution in [0, 0.1) is 6.92 Å². The quantitative estimate of drug-likeness (QED) is 0.563. The Bertz CT molecular complexity index is 549. The van der Waals surface area contributed by atoms with E-state index in [4.69, 9.17) is 5.73 Å². The summed E-state index contributed by atoms with van der Waals surface area (Å²) in [5.41, 5.74) is 8.01. The highest BCUT2D eigenvalue weighted by Gasteiger charge is 2.06. The molecule has 1 aromatic heterocycles. The molecule has 0 bridgehead atoms. The van der Waals surface area contributed by atoms with Gasteiger partial charge in [-0.15, -0.1) is 0 Å². The van der Waals surface area contributed by atoms with Gasteiger partial charge in [0.05, 0.1) is 0 Å². The molecule has 4 N–H and O–H groups in total. The van der Waals surface area contributed by atoms with Gasteiger partial charge in [-0.05, 0) is 31.0 Å². The lowest BCUT2D eigenvalue weighted by Crippen LogP contribution is -2.25. The molecule has 0 aliphatic rings. The lowest BCUT2D eigenvalue weighted by Gasteiger charge is -2.06. The summed E-state index contributed by atoms with van der Waals surface area (Å²) in [6.07, 6.45) is 5.19. The Hall–Kier alpha value is -2.30. The number of nitrogens with zero attached hydrogens (tertiary/aromatic N) is 1. The Kier molecular flexibility index (Phi) is 4.18. The second-order valence-corrected chi connectivity index (χ2v) is 4.47. The molecule has 2 aromatic rings. The zero-order chi connectivity index (χ0) is 13.7. The van der Waals surface area contributed by atoms with Crippen molar-refractivity contribution in [2.45, 2.75) is 19.8 Å². The van der Waals surface area contributed by atoms with Crippen LogP contribution in [0.5, 0.6) is 0 Å². The van der Waals surface area contributed by atoms with Gasteiger partial charge in [-0.1, -0.05) is 6.07 Å². The Labute approximate surface area is 112 Å². The maximum Gasteiger partial charge on any atom is 0.251 e. The predicted octanol–water partition coefficient (Wildman–Crippen LogP) is 1.66. The fourth-order valence-electron chi connectivity index (χ4n) is 1.78. The van der Waals surface area contributed by atoms with Crippen molar-refractivity contribution in [2.75, 3.05) is 12.3 Å². The number of aromatic nitrogens is 2. The van der Waals surface area contributed by atoms with Gasteiger partial charge < -0.3 is 16.0 Å². The molecular formula is C14H18N4O. The summed E-state index contributed by atoms with van der Waals surface area (Å²) in [6, 6.07) is 5.35. The number of anilines is 1. The van der Waals surface area contributed by atoms with Crippen LogP contribution in [0.4, 0.5) is 5.69 Å². The van der Waals surface area contributed by atoms with Crippen molar-refractivity contribution < 1.29 is 4.79 Å². The van der Waals surface area contributed by atoms with Crippen molar-refractivity contribution in [3.63, 3.8) is 0 Å². The normalized spacial score (nSPS) is 10.4. The first-order chi connectivity index (χ1) is 9.16. The number of rotatable bonds is 5. The molecule has 100 valence electrons. The molecular weight excluding hydrogens is 240 g/mol. The molecule has 2 rings (SSSR count). The zero-order valence-electron chi connectivity index (χ0n) is 10.9. The number of carbonyl (C=O) groups is 1. The lowest BCUT2D eigenvalue weighted by atomic mass is 10.1. The van der Waals surface area contributed by atoms with E-state index in [0.717, 1.165) is 24.2 Å². The molecule has 0 radical (unpaired) electrons. The first-order valence-corrected chi connectivity index (χ1v) is 6.29. The molecule has 5 nitrogen and oxygen atoms in total. The fraction of sp³-hybridized carbons (Fsp3) is 0.286. The van der Waals surface area contributed by atoms with E-state index in [2.05, 4.69) is 15.3 Å². The van der Waals surface area contributed by atoms with Gasteiger partial charge in [-0.3, -0.25) is 4.79 Å². The minimum absolute atomic E-state index is 0.0915. The molecule has 0 fully saturated rings. The molecule has 5 heteroatoms. The number of hydrogen-bond acceptors (Lipinski definition) is 3. The summed E-state index contributed by atoms with van der Waals surface area (Å²) in [6.45, 7) is 2.54. The molecule has 0 atom stereocenters. The van der Waals surface area contributed by atoms with Gasteiger partial charge in [0.2, 0.25) is 0 Å². The lowest BCUT2D eigenvalue weighted by molar-refractivity contribution is 0.0953. The largest absolute Gasteiger partial charge is 0.398 e. The van der Waals surface area contributed by atoms with E-state index in [0.29, 0.717) is 17.8 Å². The summed E-state index contributed by atoms with van der Waals surface area (Å²) < 4.78 is 0. The van der Waals surface area contributed by atoms with Gasteiger partial charge in [-0.2, -0.15) is 0 Å². The van der Waals surface area contributed by atoms with Crippen molar-refractivity contribution in [1.29, 1.82) is 0 Å². The highest BCUT2D eigenvalue weighted by atomic mass is 16.1. The van der Waals surface area contributed by atoms with Gasteiger partial charge in [0, 0.05) is 36.6 Å². The van der Waals surface area contributed by atoms with Crippen LogP contribution >= 0.6 is 0 Å². The number of amides is 1. The first-order valence-electron chi connectivity index (χ1n) is 6.29. The number of carbonyl (C=O) groups excluding carboxylic acids is 1. The third kappa shape index (κ3) is 3.58. The predicted molar refractivity (Wildman–Crippen MR) is 74.8 cm³/mol. The maximum atomic E-state index is 11.9. The molecule has 0 saturated carbocycles. The SMILES string of the molecule is Cc1ccc(C(=O)NCCCc2ncc[nH]2)cc1N. The topological polar surface area (TPSA) is 83.8 Å². The minimum atomic E-state index is -0.0915. The van der Waals surface area contributed by atoms with Crippen LogP contribution in [0.3, 0.4) is 0 Å². The van der Waals surface area contributed by atoms with Crippen LogP contribution < -0.4 is 11.1 Å². The number of aryl methyl sites for hydroxylation is 2. The Morgan fingerprint density at radius 2 is 2.32 bits per heavy atom. The standard InChI is InChI=1S/C14H18N4O/c1-10-4-5-11(9-12(10)15)14(19)18-6-2-3-13-16-7-8-17-13/h4-5,7-9H,2-3,6,15H2,1H3,(H,16,17)(H,18,19). The van der Waals surface area contributed by atoms with Crippen LogP contribution in [0.1, 0.15) is 28.2 Å². The highest BCUT2D eigenvalue weighted by molar-refractivity contribution is 5.95. The van der Waals surface area contributed by atoms with Crippen molar-refractivity contribution in [3.8, 4) is 0 Å². The van der Waals surface area contributed by atoms with Crippen LogP contribution in [0.2, 0.25) is 0 Å². The number of nitrogens with one attached hydrogen (secondary N) is 2. The van der Waals surface area contributed by atoms with Gasteiger partial charge in [-0.25, -0.2) is 4.98 Å². The molecule has 19 heavy (non-hydrogen) atoms. The van der Waals surface area contributed by atoms with E-state index >= 15 is 0 Å². The van der Waals surface area contributed by atoms with E-state index in [1.807, 2.05) is 13.0 Å². The molecule has 0 aliphatic heterocycles. The fourth-order valence-corrected chi connectivity index (χ4v) is 1.78. The monoisotopic (exact) mass is 258 g/mol. The summed E-state index contributed by atoms with van der Waals surface area (Å²) in [4.78, 5) is 19.0. The first kappa shape index (κ1) is 13.1. The van der Waals surface area contributed by atoms with Crippen LogP contribution in [-0.2, 0) is 6.42 Å². The minimum Gasteiger partial charge on any atom is -0.398 e. The average molecular weight is 258 g/mol. The van der Waals surface area contributed by atoms with Crippen molar-refractivity contribution >= 4 is 11.6 Å². The van der Waals surface area contributed by atoms with E-state index in [1.165, 1.54) is 0 Å². The van der Waals surface area contributed by atoms with E-state index in [9.17, 15) is 4.79 Å². The van der Waals surface area contributed by atoms with E-state index in [-0.39, 0.29) is 5.91 Å². The van der Waals surface area contributed by atoms with Gasteiger partial charge in [0.1, 0.15) is 5.82 Å². The molecule has 0 spiro atoms. The summed E-state index contributed by atoms with van der Waals surface area (Å²) >= 11 is 0. The molecule has 1 heterocycles. The second kappa shape index (κ2) is 6.04. The number of benzene rings is 1. The van der Waals surface area contributed by atoms with Crippen molar-refractivity contribution in [2.24, 2.45) is 0 Å². The van der Waals surface area contributed by atoms with E-state index < -0.39 is 0 Å². The highest BCUT2D eigenvalue weighted by Crippen LogP contribution is 2.12. The Morgan fingerprint density at radius 1 is 1.47 bits per heavy atom. The molecule has 0 saturated heterocycles. The average Bonchev–Trinajstić information content (AvgIpc) is 2.91. The number of aromatic amines is 1. The second-order valence-electron chi connectivity index (χ2n) is 4.47. The van der Waals surface area contributed by atoms with Crippen molar-refractivity contribution in [1.82, 2.24) is 15.3 Å².